The van der Waals surface area contributed by atoms with E-state index in [-0.39, 0.29) is 36.4 Å². The molecule has 1 aliphatic heterocycles. The Morgan fingerprint density at radius 2 is 2.04 bits per heavy atom. The van der Waals surface area contributed by atoms with Crippen molar-refractivity contribution in [2.24, 2.45) is 4.99 Å². The zero-order valence-electron chi connectivity index (χ0n) is 15.3. The zero-order valence-corrected chi connectivity index (χ0v) is 18.4. The highest BCUT2D eigenvalue weighted by atomic mass is 127. The Morgan fingerprint density at radius 3 is 2.60 bits per heavy atom. The molecule has 0 aromatic carbocycles. The number of likely N-dealkylation sites (N-methyl/N-ethyl adjacent to an activating group) is 1. The van der Waals surface area contributed by atoms with Gasteiger partial charge in [-0.1, -0.05) is 0 Å². The van der Waals surface area contributed by atoms with E-state index < -0.39 is 0 Å². The number of thiazole rings is 1. The molecular weight excluding hydrogens is 453 g/mol. The second kappa shape index (κ2) is 10.9. The summed E-state index contributed by atoms with van der Waals surface area (Å²) in [6, 6.07) is 0.323. The molecular formula is C16H28IN5O2S. The van der Waals surface area contributed by atoms with Crippen LogP contribution in [-0.2, 0) is 16.1 Å². The third-order valence-corrected chi connectivity index (χ3v) is 4.92. The number of hydrogen-bond donors (Lipinski definition) is 2. The number of guanidine groups is 1. The number of carbonyl (C=O) groups excluding carboxylic acids is 1. The van der Waals surface area contributed by atoms with Crippen LogP contribution in [0, 0.1) is 13.8 Å². The van der Waals surface area contributed by atoms with Gasteiger partial charge in [0.2, 0.25) is 5.91 Å². The number of aryl methyl sites for hydroxylation is 2. The molecule has 142 valence electrons. The van der Waals surface area contributed by atoms with Crippen molar-refractivity contribution in [3.05, 3.63) is 15.6 Å². The van der Waals surface area contributed by atoms with Crippen LogP contribution in [0.1, 0.15) is 28.4 Å². The smallest absolute Gasteiger partial charge is 0.243 e. The molecule has 1 saturated heterocycles. The average Bonchev–Trinajstić information content (AvgIpc) is 2.88. The summed E-state index contributed by atoms with van der Waals surface area (Å²) in [4.78, 5) is 23.4. The highest BCUT2D eigenvalue weighted by Crippen LogP contribution is 2.16. The molecule has 0 bridgehead atoms. The predicted octanol–water partition coefficient (Wildman–Crippen LogP) is 1.68. The van der Waals surface area contributed by atoms with Gasteiger partial charge in [-0.05, 0) is 26.7 Å². The first kappa shape index (κ1) is 22.1. The standard InChI is InChI=1S/C16H27N5O2S.HI/c1-11-14(24-12(2)19-11)9-17-16(18-10-15(22)21(3)4)20-13-5-7-23-8-6-13;/h13H,5-10H2,1-4H3,(H2,17,18,20);1H. The first-order valence-corrected chi connectivity index (χ1v) is 9.03. The van der Waals surface area contributed by atoms with Crippen LogP contribution in [-0.4, -0.2) is 61.6 Å². The Balaban J connectivity index is 0.00000312. The molecule has 9 heteroatoms. The van der Waals surface area contributed by atoms with E-state index in [1.54, 1.807) is 30.3 Å². The molecule has 7 nitrogen and oxygen atoms in total. The molecule has 1 aliphatic rings. The number of carbonyl (C=O) groups is 1. The van der Waals surface area contributed by atoms with Crippen LogP contribution in [0.25, 0.3) is 0 Å². The first-order chi connectivity index (χ1) is 11.5. The quantitative estimate of drug-likeness (QED) is 0.380. The average molecular weight is 481 g/mol. The van der Waals surface area contributed by atoms with Crippen molar-refractivity contribution in [2.45, 2.75) is 39.3 Å². The number of aliphatic imine (C=N–C) groups is 1. The van der Waals surface area contributed by atoms with Crippen LogP contribution in [0.4, 0.5) is 0 Å². The van der Waals surface area contributed by atoms with Gasteiger partial charge in [-0.25, -0.2) is 9.98 Å². The number of rotatable bonds is 5. The van der Waals surface area contributed by atoms with Crippen LogP contribution in [0.3, 0.4) is 0 Å². The van der Waals surface area contributed by atoms with Gasteiger partial charge < -0.3 is 20.3 Å². The maximum absolute atomic E-state index is 11.8. The Kier molecular flexibility index (Phi) is 9.65. The second-order valence-electron chi connectivity index (χ2n) is 6.08. The van der Waals surface area contributed by atoms with E-state index in [0.29, 0.717) is 18.5 Å². The lowest BCUT2D eigenvalue weighted by molar-refractivity contribution is -0.127. The van der Waals surface area contributed by atoms with Gasteiger partial charge in [-0.2, -0.15) is 0 Å². The van der Waals surface area contributed by atoms with E-state index in [1.807, 2.05) is 13.8 Å². The van der Waals surface area contributed by atoms with Crippen molar-refractivity contribution in [3.63, 3.8) is 0 Å². The fourth-order valence-electron chi connectivity index (χ4n) is 2.38. The molecule has 2 rings (SSSR count). The molecule has 0 radical (unpaired) electrons. The molecule has 0 saturated carbocycles. The Morgan fingerprint density at radius 1 is 1.36 bits per heavy atom. The van der Waals surface area contributed by atoms with Gasteiger partial charge in [0.15, 0.2) is 5.96 Å². The molecule has 25 heavy (non-hydrogen) atoms. The minimum absolute atomic E-state index is 0. The van der Waals surface area contributed by atoms with Crippen LogP contribution >= 0.6 is 35.3 Å². The van der Waals surface area contributed by atoms with Gasteiger partial charge >= 0.3 is 0 Å². The number of hydrogen-bond acceptors (Lipinski definition) is 5. The monoisotopic (exact) mass is 481 g/mol. The summed E-state index contributed by atoms with van der Waals surface area (Å²) >= 11 is 1.68. The van der Waals surface area contributed by atoms with Crippen molar-refractivity contribution in [3.8, 4) is 0 Å². The van der Waals surface area contributed by atoms with Gasteiger partial charge in [0.25, 0.3) is 0 Å². The van der Waals surface area contributed by atoms with Crippen molar-refractivity contribution >= 4 is 47.2 Å². The minimum atomic E-state index is -0.0205. The van der Waals surface area contributed by atoms with Gasteiger partial charge in [0.05, 0.1) is 17.2 Å². The summed E-state index contributed by atoms with van der Waals surface area (Å²) < 4.78 is 5.39. The molecule has 2 heterocycles. The van der Waals surface area contributed by atoms with Gasteiger partial charge in [0, 0.05) is 38.2 Å². The van der Waals surface area contributed by atoms with E-state index in [4.69, 9.17) is 4.74 Å². The van der Waals surface area contributed by atoms with Crippen molar-refractivity contribution in [1.82, 2.24) is 20.5 Å². The highest BCUT2D eigenvalue weighted by molar-refractivity contribution is 14.0. The minimum Gasteiger partial charge on any atom is -0.381 e. The molecule has 1 aromatic heterocycles. The number of halogens is 1. The van der Waals surface area contributed by atoms with E-state index in [0.717, 1.165) is 36.8 Å². The van der Waals surface area contributed by atoms with Crippen LogP contribution < -0.4 is 10.6 Å². The molecule has 0 unspecified atom stereocenters. The lowest BCUT2D eigenvalue weighted by Crippen LogP contribution is -2.45. The van der Waals surface area contributed by atoms with E-state index in [1.165, 1.54) is 4.88 Å². The molecule has 1 amide bonds. The van der Waals surface area contributed by atoms with E-state index in [2.05, 4.69) is 20.6 Å². The first-order valence-electron chi connectivity index (χ1n) is 8.21. The molecule has 0 aliphatic carbocycles. The SMILES string of the molecule is Cc1nc(C)c(CNC(=NCC(=O)N(C)C)NC2CCOCC2)s1.I. The number of aromatic nitrogens is 1. The molecule has 1 aromatic rings. The lowest BCUT2D eigenvalue weighted by atomic mass is 10.1. The van der Waals surface area contributed by atoms with Crippen LogP contribution in [0.15, 0.2) is 4.99 Å². The van der Waals surface area contributed by atoms with Gasteiger partial charge in [-0.15, -0.1) is 35.3 Å². The highest BCUT2D eigenvalue weighted by Gasteiger charge is 2.16. The number of nitrogens with one attached hydrogen (secondary N) is 2. The third-order valence-electron chi connectivity index (χ3n) is 3.85. The normalized spacial score (nSPS) is 15.4. The van der Waals surface area contributed by atoms with E-state index in [9.17, 15) is 4.79 Å². The van der Waals surface area contributed by atoms with Gasteiger partial charge in [-0.3, -0.25) is 4.79 Å². The molecule has 1 fully saturated rings. The largest absolute Gasteiger partial charge is 0.381 e. The summed E-state index contributed by atoms with van der Waals surface area (Å²) in [7, 11) is 3.47. The number of amides is 1. The second-order valence-corrected chi connectivity index (χ2v) is 7.37. The molecule has 0 spiro atoms. The van der Waals surface area contributed by atoms with E-state index >= 15 is 0 Å². The summed E-state index contributed by atoms with van der Waals surface area (Å²) in [5.41, 5.74) is 1.04. The van der Waals surface area contributed by atoms with Crippen LogP contribution in [0.2, 0.25) is 0 Å². The summed E-state index contributed by atoms with van der Waals surface area (Å²) in [6.45, 7) is 6.32. The summed E-state index contributed by atoms with van der Waals surface area (Å²) in [5.74, 6) is 0.649. The number of nitrogens with zero attached hydrogens (tertiary/aromatic N) is 3. The van der Waals surface area contributed by atoms with Gasteiger partial charge in [0.1, 0.15) is 6.54 Å². The predicted molar refractivity (Wildman–Crippen MR) is 112 cm³/mol. The van der Waals surface area contributed by atoms with Crippen molar-refractivity contribution in [2.75, 3.05) is 33.9 Å². The maximum atomic E-state index is 11.8. The maximum Gasteiger partial charge on any atom is 0.243 e. The zero-order chi connectivity index (χ0) is 17.5. The fourth-order valence-corrected chi connectivity index (χ4v) is 3.25. The summed E-state index contributed by atoms with van der Waals surface area (Å²) in [6.07, 6.45) is 1.89. The Hall–Kier alpha value is -0.940. The Labute approximate surface area is 170 Å². The fraction of sp³-hybridized carbons (Fsp3) is 0.688. The summed E-state index contributed by atoms with van der Waals surface area (Å²) in [5, 5.41) is 7.81. The topological polar surface area (TPSA) is 78.9 Å². The van der Waals surface area contributed by atoms with Crippen molar-refractivity contribution in [1.29, 1.82) is 0 Å². The Bertz CT molecular complexity index is 585. The van der Waals surface area contributed by atoms with Crippen molar-refractivity contribution < 1.29 is 9.53 Å². The molecule has 2 N–H and O–H groups in total. The molecule has 0 atom stereocenters. The lowest BCUT2D eigenvalue weighted by Gasteiger charge is -2.25. The number of ether oxygens (including phenoxy) is 1. The van der Waals surface area contributed by atoms with Crippen LogP contribution in [0.5, 0.6) is 0 Å². The third kappa shape index (κ3) is 7.45.